The Hall–Kier alpha value is -1.10. The summed E-state index contributed by atoms with van der Waals surface area (Å²) >= 11 is 0. The van der Waals surface area contributed by atoms with E-state index in [-0.39, 0.29) is 12.3 Å². The van der Waals surface area contributed by atoms with Crippen molar-refractivity contribution in [1.29, 1.82) is 0 Å². The number of hydrogen-bond donors (Lipinski definition) is 2. The standard InChI is InChI=1S/C13H22N2O3/c14-10(9-11(16)17)12(18)15-7-5-13(6-8-15)3-1-2-4-13/h10H,1-9,14H2,(H,16,17). The Morgan fingerprint density at radius 1 is 1.17 bits per heavy atom. The predicted octanol–water partition coefficient (Wildman–Crippen LogP) is 0.971. The molecule has 18 heavy (non-hydrogen) atoms. The van der Waals surface area contributed by atoms with E-state index in [1.54, 1.807) is 4.90 Å². The topological polar surface area (TPSA) is 83.6 Å². The second-order valence-corrected chi connectivity index (χ2v) is 5.74. The normalized spacial score (nSPS) is 24.2. The van der Waals surface area contributed by atoms with Gasteiger partial charge in [-0.2, -0.15) is 0 Å². The molecule has 0 aromatic heterocycles. The highest BCUT2D eigenvalue weighted by Gasteiger charge is 2.38. The zero-order valence-electron chi connectivity index (χ0n) is 10.7. The Balaban J connectivity index is 1.85. The number of piperidine rings is 1. The van der Waals surface area contributed by atoms with Gasteiger partial charge in [0.1, 0.15) is 0 Å². The van der Waals surface area contributed by atoms with Crippen LogP contribution in [0.25, 0.3) is 0 Å². The maximum atomic E-state index is 12.0. The fourth-order valence-electron chi connectivity index (χ4n) is 3.34. The molecule has 1 aliphatic carbocycles. The summed E-state index contributed by atoms with van der Waals surface area (Å²) < 4.78 is 0. The van der Waals surface area contributed by atoms with E-state index < -0.39 is 12.0 Å². The fourth-order valence-corrected chi connectivity index (χ4v) is 3.34. The molecule has 1 aliphatic heterocycles. The first-order valence-electron chi connectivity index (χ1n) is 6.79. The van der Waals surface area contributed by atoms with Gasteiger partial charge in [-0.1, -0.05) is 12.8 Å². The average Bonchev–Trinajstić information content (AvgIpc) is 2.77. The quantitative estimate of drug-likeness (QED) is 0.786. The van der Waals surface area contributed by atoms with Crippen molar-refractivity contribution in [3.8, 4) is 0 Å². The highest BCUT2D eigenvalue weighted by molar-refractivity contribution is 5.86. The first-order valence-corrected chi connectivity index (χ1v) is 6.79. The van der Waals surface area contributed by atoms with Crippen LogP contribution in [-0.2, 0) is 9.59 Å². The van der Waals surface area contributed by atoms with Gasteiger partial charge in [0, 0.05) is 13.1 Å². The summed E-state index contributed by atoms with van der Waals surface area (Å²) in [6.07, 6.45) is 7.03. The summed E-state index contributed by atoms with van der Waals surface area (Å²) in [7, 11) is 0. The van der Waals surface area contributed by atoms with E-state index in [0.717, 1.165) is 25.9 Å². The van der Waals surface area contributed by atoms with Crippen LogP contribution in [0.3, 0.4) is 0 Å². The highest BCUT2D eigenvalue weighted by Crippen LogP contribution is 2.46. The Bertz CT molecular complexity index is 327. The predicted molar refractivity (Wildman–Crippen MR) is 66.9 cm³/mol. The van der Waals surface area contributed by atoms with Crippen molar-refractivity contribution in [1.82, 2.24) is 4.90 Å². The van der Waals surface area contributed by atoms with E-state index in [9.17, 15) is 9.59 Å². The van der Waals surface area contributed by atoms with Crippen molar-refractivity contribution < 1.29 is 14.7 Å². The van der Waals surface area contributed by atoms with Gasteiger partial charge in [-0.25, -0.2) is 0 Å². The lowest BCUT2D eigenvalue weighted by molar-refractivity contribution is -0.142. The third-order valence-electron chi connectivity index (χ3n) is 4.51. The summed E-state index contributed by atoms with van der Waals surface area (Å²) in [5.41, 5.74) is 6.09. The summed E-state index contributed by atoms with van der Waals surface area (Å²) in [5.74, 6) is -1.22. The molecule has 0 bridgehead atoms. The van der Waals surface area contributed by atoms with Crippen molar-refractivity contribution in [3.63, 3.8) is 0 Å². The number of nitrogens with zero attached hydrogens (tertiary/aromatic N) is 1. The van der Waals surface area contributed by atoms with Gasteiger partial charge in [0.15, 0.2) is 0 Å². The van der Waals surface area contributed by atoms with Crippen molar-refractivity contribution in [2.75, 3.05) is 13.1 Å². The molecule has 1 saturated carbocycles. The van der Waals surface area contributed by atoms with E-state index in [4.69, 9.17) is 10.8 Å². The molecule has 2 fully saturated rings. The molecule has 0 radical (unpaired) electrons. The minimum atomic E-state index is -1.01. The number of aliphatic carboxylic acids is 1. The van der Waals surface area contributed by atoms with Crippen molar-refractivity contribution in [3.05, 3.63) is 0 Å². The Labute approximate surface area is 107 Å². The lowest BCUT2D eigenvalue weighted by atomic mass is 9.77. The van der Waals surface area contributed by atoms with Gasteiger partial charge in [-0.05, 0) is 31.1 Å². The van der Waals surface area contributed by atoms with Gasteiger partial charge < -0.3 is 15.7 Å². The maximum Gasteiger partial charge on any atom is 0.305 e. The Morgan fingerprint density at radius 2 is 1.72 bits per heavy atom. The number of likely N-dealkylation sites (tertiary alicyclic amines) is 1. The first kappa shape index (κ1) is 13.3. The number of carboxylic acids is 1. The third-order valence-corrected chi connectivity index (χ3v) is 4.51. The molecular formula is C13H22N2O3. The molecular weight excluding hydrogens is 232 g/mol. The molecule has 0 aromatic carbocycles. The SMILES string of the molecule is NC(CC(=O)O)C(=O)N1CCC2(CCCC2)CC1. The van der Waals surface area contributed by atoms with Crippen LogP contribution in [0.2, 0.25) is 0 Å². The number of carboxylic acid groups (broad SMARTS) is 1. The molecule has 1 spiro atoms. The number of nitrogens with two attached hydrogens (primary N) is 1. The lowest BCUT2D eigenvalue weighted by Gasteiger charge is -2.40. The van der Waals surface area contributed by atoms with Gasteiger partial charge in [0.05, 0.1) is 12.5 Å². The van der Waals surface area contributed by atoms with Crippen LogP contribution in [0.1, 0.15) is 44.9 Å². The Morgan fingerprint density at radius 3 is 2.22 bits per heavy atom. The second-order valence-electron chi connectivity index (χ2n) is 5.74. The van der Waals surface area contributed by atoms with Gasteiger partial charge in [-0.3, -0.25) is 9.59 Å². The largest absolute Gasteiger partial charge is 0.481 e. The molecule has 0 aromatic rings. The van der Waals surface area contributed by atoms with Crippen LogP contribution >= 0.6 is 0 Å². The first-order chi connectivity index (χ1) is 8.52. The van der Waals surface area contributed by atoms with Crippen molar-refractivity contribution in [2.45, 2.75) is 51.0 Å². The van der Waals surface area contributed by atoms with E-state index in [1.807, 2.05) is 0 Å². The van der Waals surface area contributed by atoms with Gasteiger partial charge in [-0.15, -0.1) is 0 Å². The average molecular weight is 254 g/mol. The molecule has 5 heteroatoms. The van der Waals surface area contributed by atoms with Gasteiger partial charge in [0.2, 0.25) is 5.91 Å². The number of carbonyl (C=O) groups excluding carboxylic acids is 1. The summed E-state index contributed by atoms with van der Waals surface area (Å²) in [6.45, 7) is 1.48. The molecule has 1 unspecified atom stereocenters. The molecule has 2 rings (SSSR count). The van der Waals surface area contributed by atoms with Crippen molar-refractivity contribution >= 4 is 11.9 Å². The number of carbonyl (C=O) groups is 2. The van der Waals surface area contributed by atoms with E-state index in [1.165, 1.54) is 25.7 Å². The van der Waals surface area contributed by atoms with Crippen LogP contribution in [0, 0.1) is 5.41 Å². The maximum absolute atomic E-state index is 12.0. The monoisotopic (exact) mass is 254 g/mol. The molecule has 1 atom stereocenters. The van der Waals surface area contributed by atoms with E-state index in [2.05, 4.69) is 0 Å². The fraction of sp³-hybridized carbons (Fsp3) is 0.846. The Kier molecular flexibility index (Phi) is 3.90. The van der Waals surface area contributed by atoms with Crippen LogP contribution in [0.5, 0.6) is 0 Å². The highest BCUT2D eigenvalue weighted by atomic mass is 16.4. The minimum absolute atomic E-state index is 0.203. The van der Waals surface area contributed by atoms with Crippen molar-refractivity contribution in [2.24, 2.45) is 11.1 Å². The molecule has 1 saturated heterocycles. The van der Waals surface area contributed by atoms with Crippen LogP contribution < -0.4 is 5.73 Å². The van der Waals surface area contributed by atoms with Crippen LogP contribution in [-0.4, -0.2) is 41.0 Å². The number of amides is 1. The van der Waals surface area contributed by atoms with Gasteiger partial charge >= 0.3 is 5.97 Å². The molecule has 102 valence electrons. The lowest BCUT2D eigenvalue weighted by Crippen LogP contribution is -2.49. The molecule has 1 heterocycles. The minimum Gasteiger partial charge on any atom is -0.481 e. The van der Waals surface area contributed by atoms with Crippen LogP contribution in [0.15, 0.2) is 0 Å². The zero-order valence-corrected chi connectivity index (χ0v) is 10.7. The van der Waals surface area contributed by atoms with E-state index >= 15 is 0 Å². The molecule has 2 aliphatic rings. The third kappa shape index (κ3) is 2.83. The van der Waals surface area contributed by atoms with Gasteiger partial charge in [0.25, 0.3) is 0 Å². The molecule has 5 nitrogen and oxygen atoms in total. The summed E-state index contributed by atoms with van der Waals surface area (Å²) in [5, 5.41) is 8.65. The zero-order chi connectivity index (χ0) is 13.2. The smallest absolute Gasteiger partial charge is 0.305 e. The summed E-state index contributed by atoms with van der Waals surface area (Å²) in [4.78, 5) is 24.3. The number of hydrogen-bond acceptors (Lipinski definition) is 3. The second kappa shape index (κ2) is 5.26. The summed E-state index contributed by atoms with van der Waals surface area (Å²) in [6, 6.07) is -0.889. The van der Waals surface area contributed by atoms with E-state index in [0.29, 0.717) is 5.41 Å². The number of rotatable bonds is 3. The molecule has 1 amide bonds. The molecule has 3 N–H and O–H groups in total. The van der Waals surface area contributed by atoms with Crippen LogP contribution in [0.4, 0.5) is 0 Å².